The molecule has 2 rings (SSSR count). The lowest BCUT2D eigenvalue weighted by Gasteiger charge is -2.18. The standard InChI is InChI=1S/C14H14F2N2/c1-2-17-13(10-5-7-11(15)8-6-10)14-12(16)4-3-9-18-14/h3-9,13,17H,2H2,1H3. The molecule has 2 nitrogen and oxygen atoms in total. The Hall–Kier alpha value is -1.81. The molecule has 4 heteroatoms. The molecule has 1 aromatic carbocycles. The summed E-state index contributed by atoms with van der Waals surface area (Å²) >= 11 is 0. The fourth-order valence-corrected chi connectivity index (χ4v) is 1.84. The van der Waals surface area contributed by atoms with Crippen LogP contribution in [0.5, 0.6) is 0 Å². The van der Waals surface area contributed by atoms with E-state index in [0.29, 0.717) is 12.2 Å². The van der Waals surface area contributed by atoms with E-state index in [-0.39, 0.29) is 17.7 Å². The molecule has 0 aliphatic rings. The number of nitrogens with one attached hydrogen (secondary N) is 1. The summed E-state index contributed by atoms with van der Waals surface area (Å²) in [5.41, 5.74) is 1.11. The van der Waals surface area contributed by atoms with Crippen molar-refractivity contribution in [1.82, 2.24) is 10.3 Å². The van der Waals surface area contributed by atoms with Crippen LogP contribution >= 0.6 is 0 Å². The number of aromatic nitrogens is 1. The first-order valence-electron chi connectivity index (χ1n) is 5.81. The minimum absolute atomic E-state index is 0.310. The lowest BCUT2D eigenvalue weighted by atomic mass is 10.0. The van der Waals surface area contributed by atoms with Crippen LogP contribution in [0.3, 0.4) is 0 Å². The van der Waals surface area contributed by atoms with Gasteiger partial charge in [0.05, 0.1) is 11.7 Å². The fraction of sp³-hybridized carbons (Fsp3) is 0.214. The van der Waals surface area contributed by atoms with Crippen LogP contribution in [0.4, 0.5) is 8.78 Å². The molecule has 94 valence electrons. The summed E-state index contributed by atoms with van der Waals surface area (Å²) in [6, 6.07) is 8.55. The Morgan fingerprint density at radius 1 is 1.17 bits per heavy atom. The molecule has 1 N–H and O–H groups in total. The number of hydrogen-bond donors (Lipinski definition) is 1. The van der Waals surface area contributed by atoms with Crippen LogP contribution in [0.2, 0.25) is 0 Å². The van der Waals surface area contributed by atoms with Gasteiger partial charge in [0.1, 0.15) is 11.6 Å². The topological polar surface area (TPSA) is 24.9 Å². The van der Waals surface area contributed by atoms with Crippen molar-refractivity contribution in [2.45, 2.75) is 13.0 Å². The highest BCUT2D eigenvalue weighted by molar-refractivity contribution is 5.28. The molecule has 18 heavy (non-hydrogen) atoms. The van der Waals surface area contributed by atoms with E-state index in [9.17, 15) is 8.78 Å². The molecule has 1 atom stereocenters. The maximum absolute atomic E-state index is 13.8. The summed E-state index contributed by atoms with van der Waals surface area (Å²) < 4.78 is 26.7. The number of rotatable bonds is 4. The minimum atomic E-state index is -0.368. The molecule has 0 saturated heterocycles. The van der Waals surface area contributed by atoms with E-state index in [2.05, 4.69) is 10.3 Å². The number of benzene rings is 1. The Kier molecular flexibility index (Phi) is 3.99. The predicted octanol–water partition coefficient (Wildman–Crippen LogP) is 3.06. The molecule has 1 aromatic heterocycles. The quantitative estimate of drug-likeness (QED) is 0.899. The Morgan fingerprint density at radius 2 is 1.89 bits per heavy atom. The van der Waals surface area contributed by atoms with E-state index in [1.165, 1.54) is 18.2 Å². The smallest absolute Gasteiger partial charge is 0.146 e. The van der Waals surface area contributed by atoms with Gasteiger partial charge in [-0.25, -0.2) is 8.78 Å². The monoisotopic (exact) mass is 248 g/mol. The molecule has 0 fully saturated rings. The number of pyridine rings is 1. The normalized spacial score (nSPS) is 12.4. The fourth-order valence-electron chi connectivity index (χ4n) is 1.84. The van der Waals surface area contributed by atoms with Crippen LogP contribution in [0.1, 0.15) is 24.2 Å². The first-order valence-corrected chi connectivity index (χ1v) is 5.81. The van der Waals surface area contributed by atoms with Gasteiger partial charge in [0.15, 0.2) is 0 Å². The van der Waals surface area contributed by atoms with Crippen LogP contribution < -0.4 is 5.32 Å². The highest BCUT2D eigenvalue weighted by atomic mass is 19.1. The molecular weight excluding hydrogens is 234 g/mol. The van der Waals surface area contributed by atoms with Crippen molar-refractivity contribution < 1.29 is 8.78 Å². The zero-order chi connectivity index (χ0) is 13.0. The van der Waals surface area contributed by atoms with E-state index < -0.39 is 0 Å². The molecule has 0 aliphatic carbocycles. The van der Waals surface area contributed by atoms with Crippen LogP contribution in [0.15, 0.2) is 42.6 Å². The average Bonchev–Trinajstić information content (AvgIpc) is 2.38. The van der Waals surface area contributed by atoms with E-state index in [4.69, 9.17) is 0 Å². The number of nitrogens with zero attached hydrogens (tertiary/aromatic N) is 1. The van der Waals surface area contributed by atoms with Crippen molar-refractivity contribution in [3.63, 3.8) is 0 Å². The van der Waals surface area contributed by atoms with Gasteiger partial charge in [-0.15, -0.1) is 0 Å². The predicted molar refractivity (Wildman–Crippen MR) is 66.1 cm³/mol. The van der Waals surface area contributed by atoms with Gasteiger partial charge in [-0.3, -0.25) is 4.98 Å². The number of halogens is 2. The Morgan fingerprint density at radius 3 is 2.50 bits per heavy atom. The summed E-state index contributed by atoms with van der Waals surface area (Å²) in [4.78, 5) is 4.06. The first-order chi connectivity index (χ1) is 8.72. The molecule has 0 bridgehead atoms. The van der Waals surface area contributed by atoms with Gasteiger partial charge < -0.3 is 5.32 Å². The lowest BCUT2D eigenvalue weighted by molar-refractivity contribution is 0.541. The Balaban J connectivity index is 2.40. The second kappa shape index (κ2) is 5.69. The van der Waals surface area contributed by atoms with E-state index in [1.54, 1.807) is 24.4 Å². The zero-order valence-electron chi connectivity index (χ0n) is 10.0. The minimum Gasteiger partial charge on any atom is -0.305 e. The highest BCUT2D eigenvalue weighted by Gasteiger charge is 2.17. The third kappa shape index (κ3) is 2.71. The maximum Gasteiger partial charge on any atom is 0.146 e. The third-order valence-electron chi connectivity index (χ3n) is 2.67. The molecule has 0 saturated carbocycles. The molecule has 1 unspecified atom stereocenters. The average molecular weight is 248 g/mol. The summed E-state index contributed by atoms with van der Waals surface area (Å²) in [6.45, 7) is 2.59. The van der Waals surface area contributed by atoms with E-state index in [1.807, 2.05) is 6.92 Å². The molecule has 0 amide bonds. The summed E-state index contributed by atoms with van der Waals surface area (Å²) in [5, 5.41) is 3.15. The lowest BCUT2D eigenvalue weighted by Crippen LogP contribution is -2.24. The van der Waals surface area contributed by atoms with Gasteiger partial charge >= 0.3 is 0 Å². The molecule has 0 spiro atoms. The molecule has 0 radical (unpaired) electrons. The van der Waals surface area contributed by atoms with Crippen molar-refractivity contribution >= 4 is 0 Å². The summed E-state index contributed by atoms with van der Waals surface area (Å²) in [7, 11) is 0. The van der Waals surface area contributed by atoms with Crippen LogP contribution in [0, 0.1) is 11.6 Å². The first kappa shape index (κ1) is 12.6. The molecular formula is C14H14F2N2. The van der Waals surface area contributed by atoms with Crippen molar-refractivity contribution in [2.75, 3.05) is 6.54 Å². The van der Waals surface area contributed by atoms with Gasteiger partial charge in [-0.2, -0.15) is 0 Å². The molecule has 1 heterocycles. The Labute approximate surface area is 105 Å². The van der Waals surface area contributed by atoms with Gasteiger partial charge in [-0.1, -0.05) is 19.1 Å². The molecule has 0 aliphatic heterocycles. The van der Waals surface area contributed by atoms with Gasteiger partial charge in [0, 0.05) is 6.20 Å². The van der Waals surface area contributed by atoms with Crippen LogP contribution in [0.25, 0.3) is 0 Å². The largest absolute Gasteiger partial charge is 0.305 e. The van der Waals surface area contributed by atoms with Crippen LogP contribution in [-0.4, -0.2) is 11.5 Å². The zero-order valence-corrected chi connectivity index (χ0v) is 10.0. The van der Waals surface area contributed by atoms with Crippen molar-refractivity contribution in [2.24, 2.45) is 0 Å². The summed E-state index contributed by atoms with van der Waals surface area (Å²) in [6.07, 6.45) is 1.55. The SMILES string of the molecule is CCNC(c1ccc(F)cc1)c1ncccc1F. The highest BCUT2D eigenvalue weighted by Crippen LogP contribution is 2.22. The van der Waals surface area contributed by atoms with Gasteiger partial charge in [-0.05, 0) is 36.4 Å². The van der Waals surface area contributed by atoms with Gasteiger partial charge in [0.2, 0.25) is 0 Å². The molecule has 2 aromatic rings. The van der Waals surface area contributed by atoms with Crippen molar-refractivity contribution in [3.05, 3.63) is 65.5 Å². The number of hydrogen-bond acceptors (Lipinski definition) is 2. The van der Waals surface area contributed by atoms with Crippen LogP contribution in [-0.2, 0) is 0 Å². The van der Waals surface area contributed by atoms with E-state index in [0.717, 1.165) is 5.56 Å². The van der Waals surface area contributed by atoms with Gasteiger partial charge in [0.25, 0.3) is 0 Å². The third-order valence-corrected chi connectivity index (χ3v) is 2.67. The summed E-state index contributed by atoms with van der Waals surface area (Å²) in [5.74, 6) is -0.678. The second-order valence-electron chi connectivity index (χ2n) is 3.91. The Bertz CT molecular complexity index is 511. The second-order valence-corrected chi connectivity index (χ2v) is 3.91. The van der Waals surface area contributed by atoms with Crippen molar-refractivity contribution in [3.8, 4) is 0 Å². The van der Waals surface area contributed by atoms with Crippen molar-refractivity contribution in [1.29, 1.82) is 0 Å². The maximum atomic E-state index is 13.8. The van der Waals surface area contributed by atoms with E-state index >= 15 is 0 Å².